The highest BCUT2D eigenvalue weighted by Gasteiger charge is 2.28. The predicted molar refractivity (Wildman–Crippen MR) is 94.8 cm³/mol. The summed E-state index contributed by atoms with van der Waals surface area (Å²) >= 11 is 0. The van der Waals surface area contributed by atoms with Gasteiger partial charge in [0, 0.05) is 48.1 Å². The second-order valence-electron chi connectivity index (χ2n) is 5.27. The van der Waals surface area contributed by atoms with Gasteiger partial charge in [-0.05, 0) is 19.1 Å². The number of aromatic carboxylic acids is 1. The number of hydrogen-bond donors (Lipinski definition) is 1. The lowest BCUT2D eigenvalue weighted by molar-refractivity contribution is 0.0662. The third-order valence-corrected chi connectivity index (χ3v) is 3.93. The molecular weight excluding hydrogens is 328 g/mol. The van der Waals surface area contributed by atoms with E-state index < -0.39 is 12.1 Å². The first-order valence-corrected chi connectivity index (χ1v) is 7.47. The highest BCUT2D eigenvalue weighted by Crippen LogP contribution is 2.36. The molecule has 0 aliphatic carbocycles. The lowest BCUT2D eigenvalue weighted by atomic mass is 9.99. The molecule has 0 fully saturated rings. The van der Waals surface area contributed by atoms with Crippen LogP contribution >= 0.6 is 12.4 Å². The fraction of sp³-hybridized carbons (Fsp3) is 0.222. The van der Waals surface area contributed by atoms with Gasteiger partial charge in [-0.25, -0.2) is 4.79 Å². The predicted octanol–water partition coefficient (Wildman–Crippen LogP) is 3.82. The minimum Gasteiger partial charge on any atom is -0.477 e. The molecule has 3 aromatic rings. The Kier molecular flexibility index (Phi) is 5.59. The molecule has 1 N–H and O–H groups in total. The maximum absolute atomic E-state index is 11.9. The molecule has 0 aliphatic heterocycles. The zero-order chi connectivity index (χ0) is 16.4. The Morgan fingerprint density at radius 1 is 1.29 bits per heavy atom. The highest BCUT2D eigenvalue weighted by atomic mass is 35.5. The van der Waals surface area contributed by atoms with Gasteiger partial charge in [0.15, 0.2) is 0 Å². The molecule has 0 bridgehead atoms. The van der Waals surface area contributed by atoms with Crippen LogP contribution in [-0.2, 0) is 11.8 Å². The summed E-state index contributed by atoms with van der Waals surface area (Å²) in [6.45, 7) is 2.37. The van der Waals surface area contributed by atoms with E-state index >= 15 is 0 Å². The average molecular weight is 347 g/mol. The quantitative estimate of drug-likeness (QED) is 0.762. The second-order valence-corrected chi connectivity index (χ2v) is 5.27. The number of rotatable bonds is 5. The molecule has 0 amide bonds. The number of ether oxygens (including phenoxy) is 1. The molecule has 0 aliphatic rings. The zero-order valence-corrected chi connectivity index (χ0v) is 14.3. The summed E-state index contributed by atoms with van der Waals surface area (Å²) < 4.78 is 7.61. The smallest absolute Gasteiger partial charge is 0.352 e. The van der Waals surface area contributed by atoms with Crippen LogP contribution in [0.4, 0.5) is 0 Å². The van der Waals surface area contributed by atoms with Crippen molar-refractivity contribution in [1.29, 1.82) is 0 Å². The van der Waals surface area contributed by atoms with Crippen molar-refractivity contribution >= 4 is 29.3 Å². The van der Waals surface area contributed by atoms with Crippen LogP contribution in [0.15, 0.2) is 48.8 Å². The summed E-state index contributed by atoms with van der Waals surface area (Å²) in [6.07, 6.45) is 2.94. The normalized spacial score (nSPS) is 11.9. The van der Waals surface area contributed by atoms with Crippen molar-refractivity contribution < 1.29 is 14.6 Å². The topological polar surface area (TPSA) is 64.3 Å². The van der Waals surface area contributed by atoms with E-state index in [0.717, 1.165) is 16.5 Å². The van der Waals surface area contributed by atoms with Crippen molar-refractivity contribution in [3.63, 3.8) is 0 Å². The third-order valence-electron chi connectivity index (χ3n) is 3.93. The molecule has 6 heteroatoms. The number of nitrogens with zero attached hydrogens (tertiary/aromatic N) is 2. The van der Waals surface area contributed by atoms with Gasteiger partial charge in [0.05, 0.1) is 0 Å². The van der Waals surface area contributed by atoms with Gasteiger partial charge in [-0.15, -0.1) is 12.4 Å². The first kappa shape index (κ1) is 18.0. The van der Waals surface area contributed by atoms with Crippen molar-refractivity contribution in [2.45, 2.75) is 13.0 Å². The van der Waals surface area contributed by atoms with Crippen molar-refractivity contribution in [3.05, 3.63) is 65.6 Å². The van der Waals surface area contributed by atoms with E-state index in [9.17, 15) is 9.90 Å². The van der Waals surface area contributed by atoms with Gasteiger partial charge < -0.3 is 14.4 Å². The van der Waals surface area contributed by atoms with E-state index in [-0.39, 0.29) is 18.1 Å². The van der Waals surface area contributed by atoms with E-state index in [0.29, 0.717) is 12.2 Å². The minimum atomic E-state index is -0.965. The molecule has 0 saturated heterocycles. The van der Waals surface area contributed by atoms with Gasteiger partial charge >= 0.3 is 5.97 Å². The Bertz CT molecular complexity index is 846. The number of pyridine rings is 1. The Labute approximate surface area is 146 Å². The van der Waals surface area contributed by atoms with E-state index in [1.165, 1.54) is 0 Å². The van der Waals surface area contributed by atoms with Gasteiger partial charge in [-0.1, -0.05) is 24.3 Å². The highest BCUT2D eigenvalue weighted by molar-refractivity contribution is 5.98. The molecule has 1 aromatic carbocycles. The van der Waals surface area contributed by atoms with Gasteiger partial charge in [0.1, 0.15) is 11.8 Å². The Morgan fingerprint density at radius 3 is 2.67 bits per heavy atom. The number of carboxylic acid groups (broad SMARTS) is 1. The van der Waals surface area contributed by atoms with Crippen LogP contribution in [0.2, 0.25) is 0 Å². The summed E-state index contributed by atoms with van der Waals surface area (Å²) in [5, 5.41) is 10.6. The first-order chi connectivity index (χ1) is 11.1. The van der Waals surface area contributed by atoms with Crippen LogP contribution in [0.25, 0.3) is 10.9 Å². The number of carboxylic acids is 1. The minimum absolute atomic E-state index is 0. The van der Waals surface area contributed by atoms with Crippen LogP contribution in [0.5, 0.6) is 0 Å². The molecule has 3 rings (SSSR count). The molecule has 2 aromatic heterocycles. The monoisotopic (exact) mass is 346 g/mol. The van der Waals surface area contributed by atoms with Gasteiger partial charge in [-0.3, -0.25) is 4.98 Å². The standard InChI is InChI=1S/C18H18N2O3.ClH/c1-3-23-17(12-7-6-10-19-11-12)15-13-8-4-5-9-14(13)20(2)16(15)18(21)22;/h4-11,17H,3H2,1-2H3,(H,21,22);1H. The fourth-order valence-corrected chi connectivity index (χ4v) is 2.99. The number of hydrogen-bond acceptors (Lipinski definition) is 3. The van der Waals surface area contributed by atoms with Gasteiger partial charge in [0.25, 0.3) is 0 Å². The van der Waals surface area contributed by atoms with Crippen molar-refractivity contribution in [2.75, 3.05) is 6.61 Å². The molecule has 126 valence electrons. The number of benzene rings is 1. The molecule has 1 atom stereocenters. The molecule has 0 radical (unpaired) electrons. The number of aromatic nitrogens is 2. The molecule has 5 nitrogen and oxygen atoms in total. The summed E-state index contributed by atoms with van der Waals surface area (Å²) in [5.41, 5.74) is 2.63. The first-order valence-electron chi connectivity index (χ1n) is 7.47. The number of aryl methyl sites for hydroxylation is 1. The summed E-state index contributed by atoms with van der Waals surface area (Å²) in [4.78, 5) is 16.0. The van der Waals surface area contributed by atoms with Gasteiger partial charge in [-0.2, -0.15) is 0 Å². The largest absolute Gasteiger partial charge is 0.477 e. The molecule has 0 spiro atoms. The molecular formula is C18H19ClN2O3. The van der Waals surface area contributed by atoms with E-state index in [2.05, 4.69) is 4.98 Å². The van der Waals surface area contributed by atoms with E-state index in [1.807, 2.05) is 43.3 Å². The summed E-state index contributed by atoms with van der Waals surface area (Å²) in [7, 11) is 1.77. The molecule has 0 saturated carbocycles. The summed E-state index contributed by atoms with van der Waals surface area (Å²) in [6, 6.07) is 11.4. The summed E-state index contributed by atoms with van der Waals surface area (Å²) in [5.74, 6) is -0.965. The maximum Gasteiger partial charge on any atom is 0.352 e. The van der Waals surface area contributed by atoms with Crippen LogP contribution < -0.4 is 0 Å². The van der Waals surface area contributed by atoms with Crippen molar-refractivity contribution in [1.82, 2.24) is 9.55 Å². The molecule has 1 unspecified atom stereocenters. The second kappa shape index (κ2) is 7.47. The number of para-hydroxylation sites is 1. The SMILES string of the molecule is CCOC(c1cccnc1)c1c(C(=O)O)n(C)c2ccccc12.Cl. The number of carbonyl (C=O) groups is 1. The molecule has 24 heavy (non-hydrogen) atoms. The van der Waals surface area contributed by atoms with Crippen LogP contribution in [-0.4, -0.2) is 27.2 Å². The maximum atomic E-state index is 11.9. The average Bonchev–Trinajstić information content (AvgIpc) is 2.87. The lowest BCUT2D eigenvalue weighted by Crippen LogP contribution is -2.13. The zero-order valence-electron chi connectivity index (χ0n) is 13.5. The van der Waals surface area contributed by atoms with Crippen molar-refractivity contribution in [2.24, 2.45) is 7.05 Å². The number of fused-ring (bicyclic) bond motifs is 1. The Hall–Kier alpha value is -2.37. The lowest BCUT2D eigenvalue weighted by Gasteiger charge is -2.18. The Balaban J connectivity index is 0.00000208. The number of halogens is 1. The fourth-order valence-electron chi connectivity index (χ4n) is 2.99. The van der Waals surface area contributed by atoms with Crippen LogP contribution in [0.3, 0.4) is 0 Å². The molecule has 2 heterocycles. The van der Waals surface area contributed by atoms with Crippen molar-refractivity contribution in [3.8, 4) is 0 Å². The van der Waals surface area contributed by atoms with Crippen LogP contribution in [0.1, 0.15) is 34.6 Å². The third kappa shape index (κ3) is 3.00. The van der Waals surface area contributed by atoms with Crippen LogP contribution in [0, 0.1) is 0 Å². The van der Waals surface area contributed by atoms with E-state index in [1.54, 1.807) is 24.0 Å². The van der Waals surface area contributed by atoms with E-state index in [4.69, 9.17) is 4.74 Å². The van der Waals surface area contributed by atoms with Gasteiger partial charge in [0.2, 0.25) is 0 Å². The Morgan fingerprint density at radius 2 is 2.04 bits per heavy atom.